The fourth-order valence-corrected chi connectivity index (χ4v) is 0.940. The first-order valence-corrected chi connectivity index (χ1v) is 4.26. The molecule has 0 aromatic carbocycles. The van der Waals surface area contributed by atoms with Crippen LogP contribution in [0.15, 0.2) is 0 Å². The molecule has 0 unspecified atom stereocenters. The number of hydrogen-bond donors (Lipinski definition) is 2. The number of thioether (sulfide) groups is 1. The van der Waals surface area contributed by atoms with Crippen molar-refractivity contribution in [3.8, 4) is 0 Å². The van der Waals surface area contributed by atoms with E-state index in [-0.39, 0.29) is 0 Å². The van der Waals surface area contributed by atoms with Gasteiger partial charge in [-0.2, -0.15) is 17.7 Å². The Balaban J connectivity index is 3.41. The van der Waals surface area contributed by atoms with Crippen molar-refractivity contribution >= 4 is 17.7 Å². The highest BCUT2D eigenvalue weighted by atomic mass is 32.2. The van der Waals surface area contributed by atoms with Crippen molar-refractivity contribution in [2.75, 3.05) is 12.0 Å². The molecule has 0 saturated heterocycles. The Morgan fingerprint density at radius 1 is 1.80 bits per heavy atom. The second-order valence-electron chi connectivity index (χ2n) is 1.82. The van der Waals surface area contributed by atoms with E-state index >= 15 is 0 Å². The van der Waals surface area contributed by atoms with Gasteiger partial charge in [0.2, 0.25) is 0 Å². The molecule has 0 amide bonds. The summed E-state index contributed by atoms with van der Waals surface area (Å²) in [5.41, 5.74) is 5.35. The Kier molecular flexibility index (Phi) is 5.38. The van der Waals surface area contributed by atoms with Gasteiger partial charge in [-0.05, 0) is 18.4 Å². The van der Waals surface area contributed by atoms with Gasteiger partial charge in [-0.15, -0.1) is 0 Å². The highest BCUT2D eigenvalue weighted by Crippen LogP contribution is 1.98. The van der Waals surface area contributed by atoms with Crippen LogP contribution in [0.2, 0.25) is 0 Å². The smallest absolute Gasteiger partial charge is 0.341 e. The van der Waals surface area contributed by atoms with Gasteiger partial charge in [0.25, 0.3) is 0 Å². The molecule has 0 aliphatic rings. The van der Waals surface area contributed by atoms with Crippen LogP contribution in [0.25, 0.3) is 0 Å². The van der Waals surface area contributed by atoms with Gasteiger partial charge in [0.15, 0.2) is 0 Å². The van der Waals surface area contributed by atoms with Crippen LogP contribution in [-0.4, -0.2) is 24.0 Å². The van der Waals surface area contributed by atoms with E-state index in [0.29, 0.717) is 6.42 Å². The number of carbonyl (C=O) groups excluding carboxylic acids is 1. The van der Waals surface area contributed by atoms with Crippen LogP contribution in [0.3, 0.4) is 0 Å². The van der Waals surface area contributed by atoms with Gasteiger partial charge in [0.1, 0.15) is 6.04 Å². The molecule has 0 fully saturated rings. The largest absolute Gasteiger partial charge is 0.372 e. The van der Waals surface area contributed by atoms with E-state index in [2.05, 4.69) is 10.7 Å². The standard InChI is InChI=1S/C5H12N2O2S/c1-10-3-2-4(6)5(8)9-7/h4H,2-3,6-7H2,1H3/t4-/m0/s1. The highest BCUT2D eigenvalue weighted by Gasteiger charge is 2.12. The third kappa shape index (κ3) is 3.71. The lowest BCUT2D eigenvalue weighted by atomic mass is 10.2. The minimum atomic E-state index is -0.572. The first kappa shape index (κ1) is 9.74. The molecular formula is C5H12N2O2S. The van der Waals surface area contributed by atoms with Crippen molar-refractivity contribution in [2.45, 2.75) is 12.5 Å². The van der Waals surface area contributed by atoms with Gasteiger partial charge in [-0.1, -0.05) is 0 Å². The zero-order valence-corrected chi connectivity index (χ0v) is 6.69. The Hall–Kier alpha value is -0.260. The second-order valence-corrected chi connectivity index (χ2v) is 2.81. The maximum absolute atomic E-state index is 10.5. The topological polar surface area (TPSA) is 78.3 Å². The van der Waals surface area contributed by atoms with Crippen LogP contribution in [0.5, 0.6) is 0 Å². The summed E-state index contributed by atoms with van der Waals surface area (Å²) in [7, 11) is 0. The number of carbonyl (C=O) groups is 1. The van der Waals surface area contributed by atoms with Crippen molar-refractivity contribution in [3.63, 3.8) is 0 Å². The first-order chi connectivity index (χ1) is 4.72. The van der Waals surface area contributed by atoms with Crippen LogP contribution < -0.4 is 11.6 Å². The Morgan fingerprint density at radius 2 is 2.40 bits per heavy atom. The van der Waals surface area contributed by atoms with E-state index in [0.717, 1.165) is 5.75 Å². The molecule has 0 aliphatic heterocycles. The molecule has 0 spiro atoms. The Bertz CT molecular complexity index is 110. The van der Waals surface area contributed by atoms with Crippen molar-refractivity contribution in [1.29, 1.82) is 0 Å². The van der Waals surface area contributed by atoms with E-state index in [9.17, 15) is 4.79 Å². The molecule has 0 rings (SSSR count). The fraction of sp³-hybridized carbons (Fsp3) is 0.800. The third-order valence-corrected chi connectivity index (χ3v) is 1.70. The van der Waals surface area contributed by atoms with Crippen LogP contribution >= 0.6 is 11.8 Å². The average Bonchev–Trinajstić information content (AvgIpc) is 1.98. The molecule has 0 aromatic rings. The zero-order valence-electron chi connectivity index (χ0n) is 5.87. The maximum Gasteiger partial charge on any atom is 0.341 e. The van der Waals surface area contributed by atoms with E-state index in [1.165, 1.54) is 0 Å². The quantitative estimate of drug-likeness (QED) is 0.547. The lowest BCUT2D eigenvalue weighted by molar-refractivity contribution is -0.145. The van der Waals surface area contributed by atoms with Gasteiger partial charge in [0.05, 0.1) is 0 Å². The second kappa shape index (κ2) is 5.52. The summed E-state index contributed by atoms with van der Waals surface area (Å²) in [5.74, 6) is 4.90. The minimum Gasteiger partial charge on any atom is -0.372 e. The molecule has 0 saturated carbocycles. The summed E-state index contributed by atoms with van der Waals surface area (Å²) in [4.78, 5) is 14.5. The molecule has 5 heteroatoms. The Labute approximate surface area is 64.2 Å². The maximum atomic E-state index is 10.5. The molecule has 0 aromatic heterocycles. The van der Waals surface area contributed by atoms with Crippen LogP contribution in [-0.2, 0) is 9.63 Å². The summed E-state index contributed by atoms with van der Waals surface area (Å²) in [5, 5.41) is 0. The molecule has 0 aliphatic carbocycles. The number of nitrogens with two attached hydrogens (primary N) is 2. The molecule has 60 valence electrons. The van der Waals surface area contributed by atoms with Crippen molar-refractivity contribution in [2.24, 2.45) is 11.6 Å². The summed E-state index contributed by atoms with van der Waals surface area (Å²) in [6, 6.07) is -0.572. The summed E-state index contributed by atoms with van der Waals surface area (Å²) in [6.07, 6.45) is 2.55. The predicted molar refractivity (Wildman–Crippen MR) is 41.3 cm³/mol. The van der Waals surface area contributed by atoms with Gasteiger partial charge in [-0.3, -0.25) is 0 Å². The van der Waals surface area contributed by atoms with Crippen LogP contribution in [0, 0.1) is 0 Å². The number of rotatable bonds is 4. The number of hydrogen-bond acceptors (Lipinski definition) is 5. The third-order valence-electron chi connectivity index (χ3n) is 1.05. The molecule has 0 radical (unpaired) electrons. The van der Waals surface area contributed by atoms with Crippen molar-refractivity contribution in [3.05, 3.63) is 0 Å². The van der Waals surface area contributed by atoms with Crippen molar-refractivity contribution in [1.82, 2.24) is 0 Å². The summed E-state index contributed by atoms with van der Waals surface area (Å²) < 4.78 is 0. The normalized spacial score (nSPS) is 12.7. The molecule has 4 nitrogen and oxygen atoms in total. The van der Waals surface area contributed by atoms with Crippen molar-refractivity contribution < 1.29 is 9.63 Å². The summed E-state index contributed by atoms with van der Waals surface area (Å²) >= 11 is 1.63. The molecule has 1 atom stereocenters. The highest BCUT2D eigenvalue weighted by molar-refractivity contribution is 7.98. The van der Waals surface area contributed by atoms with Gasteiger partial charge in [-0.25, -0.2) is 4.79 Å². The van der Waals surface area contributed by atoms with E-state index in [4.69, 9.17) is 5.73 Å². The zero-order chi connectivity index (χ0) is 7.98. The molecule has 4 N–H and O–H groups in total. The van der Waals surface area contributed by atoms with E-state index in [1.807, 2.05) is 6.26 Å². The average molecular weight is 164 g/mol. The first-order valence-electron chi connectivity index (χ1n) is 2.87. The predicted octanol–water partition coefficient (Wildman–Crippen LogP) is -0.516. The molecule has 10 heavy (non-hydrogen) atoms. The SMILES string of the molecule is CSCC[C@H](N)C(=O)ON. The van der Waals surface area contributed by atoms with Crippen LogP contribution in [0.4, 0.5) is 0 Å². The van der Waals surface area contributed by atoms with Gasteiger partial charge < -0.3 is 10.6 Å². The van der Waals surface area contributed by atoms with Gasteiger partial charge in [0, 0.05) is 0 Å². The molecule has 0 bridgehead atoms. The lowest BCUT2D eigenvalue weighted by Gasteiger charge is -2.05. The summed E-state index contributed by atoms with van der Waals surface area (Å²) in [6.45, 7) is 0. The lowest BCUT2D eigenvalue weighted by Crippen LogP contribution is -2.34. The van der Waals surface area contributed by atoms with E-state index in [1.54, 1.807) is 11.8 Å². The van der Waals surface area contributed by atoms with Gasteiger partial charge >= 0.3 is 5.97 Å². The minimum absolute atomic E-state index is 0.547. The molecular weight excluding hydrogens is 152 g/mol. The monoisotopic (exact) mass is 164 g/mol. The Morgan fingerprint density at radius 3 is 2.80 bits per heavy atom. The van der Waals surface area contributed by atoms with E-state index < -0.39 is 12.0 Å². The molecule has 0 heterocycles. The van der Waals surface area contributed by atoms with Crippen LogP contribution in [0.1, 0.15) is 6.42 Å². The fourth-order valence-electron chi connectivity index (χ4n) is 0.450.